The number of amides is 1. The summed E-state index contributed by atoms with van der Waals surface area (Å²) in [4.78, 5) is 12.5. The first kappa shape index (κ1) is 15.1. The van der Waals surface area contributed by atoms with Crippen molar-refractivity contribution in [2.24, 2.45) is 0 Å². The molecule has 0 aliphatic carbocycles. The van der Waals surface area contributed by atoms with Crippen molar-refractivity contribution in [3.05, 3.63) is 0 Å². The second-order valence-corrected chi connectivity index (χ2v) is 5.26. The van der Waals surface area contributed by atoms with E-state index in [0.717, 1.165) is 4.90 Å². The lowest BCUT2D eigenvalue weighted by molar-refractivity contribution is -0.312. The minimum atomic E-state index is -4.48. The molecule has 0 N–H and O–H groups in total. The van der Waals surface area contributed by atoms with Gasteiger partial charge in [0.05, 0.1) is 13.1 Å². The normalized spacial score (nSPS) is 19.4. The standard InChI is InChI=1S/C11H18F3NO3/c1-5-17-10(11(12,13)14)6-15(7-10)8(16)18-9(2,3)4/h5-7H2,1-4H3. The van der Waals surface area contributed by atoms with Crippen molar-refractivity contribution in [3.63, 3.8) is 0 Å². The van der Waals surface area contributed by atoms with Crippen LogP contribution in [0.5, 0.6) is 0 Å². The summed E-state index contributed by atoms with van der Waals surface area (Å²) >= 11 is 0. The van der Waals surface area contributed by atoms with Crippen molar-refractivity contribution in [2.45, 2.75) is 45.1 Å². The molecule has 1 fully saturated rings. The van der Waals surface area contributed by atoms with E-state index in [4.69, 9.17) is 9.47 Å². The van der Waals surface area contributed by atoms with Crippen LogP contribution in [-0.4, -0.2) is 48.1 Å². The van der Waals surface area contributed by atoms with E-state index in [0.29, 0.717) is 0 Å². The van der Waals surface area contributed by atoms with Crippen molar-refractivity contribution < 1.29 is 27.4 Å². The largest absolute Gasteiger partial charge is 0.444 e. The Bertz CT molecular complexity index is 316. The van der Waals surface area contributed by atoms with Crippen molar-refractivity contribution in [1.29, 1.82) is 0 Å². The predicted octanol–water partition coefficient (Wildman–Crippen LogP) is 2.57. The van der Waals surface area contributed by atoms with E-state index < -0.39 is 36.6 Å². The van der Waals surface area contributed by atoms with E-state index in [1.165, 1.54) is 6.92 Å². The third-order valence-corrected chi connectivity index (χ3v) is 2.48. The highest BCUT2D eigenvalue weighted by Gasteiger charge is 2.64. The Morgan fingerprint density at radius 1 is 1.28 bits per heavy atom. The Kier molecular flexibility index (Phi) is 3.86. The SMILES string of the molecule is CCOC1(C(F)(F)F)CN(C(=O)OC(C)(C)C)C1. The van der Waals surface area contributed by atoms with Gasteiger partial charge >= 0.3 is 12.3 Å². The van der Waals surface area contributed by atoms with Gasteiger partial charge in [-0.15, -0.1) is 0 Å². The molecule has 1 aliphatic rings. The third kappa shape index (κ3) is 3.07. The monoisotopic (exact) mass is 269 g/mol. The van der Waals surface area contributed by atoms with Gasteiger partial charge in [-0.05, 0) is 27.7 Å². The zero-order valence-electron chi connectivity index (χ0n) is 10.9. The predicted molar refractivity (Wildman–Crippen MR) is 58.2 cm³/mol. The molecule has 1 rings (SSSR count). The van der Waals surface area contributed by atoms with Crippen LogP contribution in [-0.2, 0) is 9.47 Å². The lowest BCUT2D eigenvalue weighted by Gasteiger charge is -2.49. The number of carbonyl (C=O) groups is 1. The first-order chi connectivity index (χ1) is 8.01. The Hall–Kier alpha value is -0.980. The Morgan fingerprint density at radius 2 is 1.78 bits per heavy atom. The summed E-state index contributed by atoms with van der Waals surface area (Å²) in [6.45, 7) is 5.38. The molecule has 4 nitrogen and oxygen atoms in total. The maximum absolute atomic E-state index is 12.8. The second-order valence-electron chi connectivity index (χ2n) is 5.26. The third-order valence-electron chi connectivity index (χ3n) is 2.48. The second kappa shape index (κ2) is 4.60. The number of rotatable bonds is 2. The molecule has 0 radical (unpaired) electrons. The summed E-state index contributed by atoms with van der Waals surface area (Å²) in [5, 5.41) is 0. The molecule has 0 unspecified atom stereocenters. The van der Waals surface area contributed by atoms with Gasteiger partial charge < -0.3 is 14.4 Å². The number of nitrogens with zero attached hydrogens (tertiary/aromatic N) is 1. The number of hydrogen-bond donors (Lipinski definition) is 0. The summed E-state index contributed by atoms with van der Waals surface area (Å²) in [5.41, 5.74) is -2.96. The summed E-state index contributed by atoms with van der Waals surface area (Å²) in [6.07, 6.45) is -5.23. The molecule has 1 heterocycles. The van der Waals surface area contributed by atoms with E-state index in [1.54, 1.807) is 20.8 Å². The van der Waals surface area contributed by atoms with Crippen LogP contribution in [0.15, 0.2) is 0 Å². The van der Waals surface area contributed by atoms with E-state index in [-0.39, 0.29) is 6.61 Å². The van der Waals surface area contributed by atoms with E-state index in [9.17, 15) is 18.0 Å². The van der Waals surface area contributed by atoms with Crippen molar-refractivity contribution >= 4 is 6.09 Å². The number of alkyl halides is 3. The average Bonchev–Trinajstić information content (AvgIpc) is 2.04. The molecule has 1 amide bonds. The Balaban J connectivity index is 2.62. The molecule has 18 heavy (non-hydrogen) atoms. The van der Waals surface area contributed by atoms with Crippen LogP contribution in [0.1, 0.15) is 27.7 Å². The van der Waals surface area contributed by atoms with Gasteiger partial charge in [0.15, 0.2) is 5.60 Å². The lowest BCUT2D eigenvalue weighted by atomic mass is 9.93. The van der Waals surface area contributed by atoms with Crippen LogP contribution >= 0.6 is 0 Å². The topological polar surface area (TPSA) is 38.8 Å². The number of likely N-dealkylation sites (tertiary alicyclic amines) is 1. The first-order valence-corrected chi connectivity index (χ1v) is 5.69. The van der Waals surface area contributed by atoms with Crippen LogP contribution in [0.2, 0.25) is 0 Å². The van der Waals surface area contributed by atoms with Gasteiger partial charge in [0.2, 0.25) is 0 Å². The molecule has 0 bridgehead atoms. The molecule has 0 atom stereocenters. The fourth-order valence-electron chi connectivity index (χ4n) is 1.65. The van der Waals surface area contributed by atoms with Gasteiger partial charge in [0.1, 0.15) is 5.60 Å². The molecule has 0 aromatic carbocycles. The van der Waals surface area contributed by atoms with Crippen LogP contribution in [0.4, 0.5) is 18.0 Å². The maximum Gasteiger partial charge on any atom is 0.420 e. The van der Waals surface area contributed by atoms with Gasteiger partial charge in [-0.2, -0.15) is 13.2 Å². The van der Waals surface area contributed by atoms with Gasteiger partial charge in [0.25, 0.3) is 0 Å². The highest BCUT2D eigenvalue weighted by Crippen LogP contribution is 2.41. The Labute approximate surface area is 104 Å². The first-order valence-electron chi connectivity index (χ1n) is 5.69. The molecular formula is C11H18F3NO3. The average molecular weight is 269 g/mol. The van der Waals surface area contributed by atoms with Crippen LogP contribution in [0.3, 0.4) is 0 Å². The van der Waals surface area contributed by atoms with Gasteiger partial charge in [-0.25, -0.2) is 4.79 Å². The molecule has 0 saturated carbocycles. The van der Waals surface area contributed by atoms with Gasteiger partial charge in [0, 0.05) is 6.61 Å². The van der Waals surface area contributed by atoms with Gasteiger partial charge in [-0.3, -0.25) is 0 Å². The van der Waals surface area contributed by atoms with Crippen molar-refractivity contribution in [1.82, 2.24) is 4.90 Å². The van der Waals surface area contributed by atoms with E-state index in [2.05, 4.69) is 0 Å². The summed E-state index contributed by atoms with van der Waals surface area (Å²) < 4.78 is 48.2. The zero-order chi connectivity index (χ0) is 14.2. The molecule has 7 heteroatoms. The number of hydrogen-bond acceptors (Lipinski definition) is 3. The van der Waals surface area contributed by atoms with Crippen molar-refractivity contribution in [2.75, 3.05) is 19.7 Å². The van der Waals surface area contributed by atoms with E-state index in [1.807, 2.05) is 0 Å². The number of halogens is 3. The quantitative estimate of drug-likeness (QED) is 0.773. The summed E-state index contributed by atoms with van der Waals surface area (Å²) in [7, 11) is 0. The zero-order valence-corrected chi connectivity index (χ0v) is 10.9. The minimum absolute atomic E-state index is 0.0539. The molecular weight excluding hydrogens is 251 g/mol. The maximum atomic E-state index is 12.8. The van der Waals surface area contributed by atoms with Crippen LogP contribution < -0.4 is 0 Å². The van der Waals surface area contributed by atoms with Gasteiger partial charge in [-0.1, -0.05) is 0 Å². The number of ether oxygens (including phenoxy) is 2. The smallest absolute Gasteiger partial charge is 0.420 e. The fraction of sp³-hybridized carbons (Fsp3) is 0.909. The molecule has 0 aromatic rings. The molecule has 0 spiro atoms. The molecule has 0 aromatic heterocycles. The fourth-order valence-corrected chi connectivity index (χ4v) is 1.65. The van der Waals surface area contributed by atoms with Crippen molar-refractivity contribution in [3.8, 4) is 0 Å². The molecule has 106 valence electrons. The highest BCUT2D eigenvalue weighted by atomic mass is 19.4. The summed E-state index contributed by atoms with van der Waals surface area (Å²) in [5.74, 6) is 0. The van der Waals surface area contributed by atoms with Crippen LogP contribution in [0.25, 0.3) is 0 Å². The Morgan fingerprint density at radius 3 is 2.11 bits per heavy atom. The lowest BCUT2D eigenvalue weighted by Crippen LogP contribution is -2.71. The number of carbonyl (C=O) groups excluding carboxylic acids is 1. The van der Waals surface area contributed by atoms with Crippen LogP contribution in [0, 0.1) is 0 Å². The summed E-state index contributed by atoms with van der Waals surface area (Å²) in [6, 6.07) is 0. The molecule has 1 aliphatic heterocycles. The minimum Gasteiger partial charge on any atom is -0.444 e. The molecule has 1 saturated heterocycles. The van der Waals surface area contributed by atoms with E-state index >= 15 is 0 Å². The highest BCUT2D eigenvalue weighted by molar-refractivity contribution is 5.69.